The highest BCUT2D eigenvalue weighted by molar-refractivity contribution is 5.74. The zero-order valence-corrected chi connectivity index (χ0v) is 8.81. The maximum atomic E-state index is 11.2. The molecule has 0 saturated heterocycles. The number of ether oxygens (including phenoxy) is 2. The van der Waals surface area contributed by atoms with Crippen molar-refractivity contribution in [3.05, 3.63) is 0 Å². The van der Waals surface area contributed by atoms with Gasteiger partial charge in [-0.15, -0.1) is 0 Å². The minimum absolute atomic E-state index is 0.493. The predicted molar refractivity (Wildman–Crippen MR) is 48.4 cm³/mol. The summed E-state index contributed by atoms with van der Waals surface area (Å²) >= 11 is 0. The molecule has 0 spiro atoms. The first-order valence-electron chi connectivity index (χ1n) is 4.33. The second kappa shape index (κ2) is 5.59. The Balaban J connectivity index is 4.48. The van der Waals surface area contributed by atoms with Gasteiger partial charge in [0.25, 0.3) is 0 Å². The van der Waals surface area contributed by atoms with Crippen LogP contribution in [0.5, 0.6) is 0 Å². The maximum absolute atomic E-state index is 11.2. The molecule has 3 atom stereocenters. The Bertz CT molecular complexity index is 211. The average Bonchev–Trinajstić information content (AvgIpc) is 2.01. The van der Waals surface area contributed by atoms with Crippen molar-refractivity contribution in [2.24, 2.45) is 5.92 Å². The van der Waals surface area contributed by atoms with Crippen LogP contribution < -0.4 is 0 Å². The molecular weight excluding hydrogens is 188 g/mol. The molecule has 0 aliphatic carbocycles. The lowest BCUT2D eigenvalue weighted by molar-refractivity contribution is -0.162. The van der Waals surface area contributed by atoms with E-state index in [1.807, 2.05) is 0 Å². The molecule has 0 aliphatic rings. The van der Waals surface area contributed by atoms with Gasteiger partial charge in [0.2, 0.25) is 0 Å². The van der Waals surface area contributed by atoms with Gasteiger partial charge in [-0.05, 0) is 13.8 Å². The highest BCUT2D eigenvalue weighted by Gasteiger charge is 2.32. The van der Waals surface area contributed by atoms with Gasteiger partial charge in [-0.25, -0.2) is 0 Å². The second-order valence-electron chi connectivity index (χ2n) is 3.10. The fourth-order valence-electron chi connectivity index (χ4n) is 1.25. The molecule has 1 N–H and O–H groups in total. The quantitative estimate of drug-likeness (QED) is 0.658. The molecule has 0 rings (SSSR count). The normalized spacial score (nSPS) is 16.6. The number of aliphatic hydroxyl groups is 1. The Morgan fingerprint density at radius 2 is 1.79 bits per heavy atom. The van der Waals surface area contributed by atoms with E-state index in [2.05, 4.69) is 4.74 Å². The molecule has 0 amide bonds. The number of methoxy groups -OCH3 is 1. The van der Waals surface area contributed by atoms with E-state index < -0.39 is 30.1 Å². The van der Waals surface area contributed by atoms with Crippen molar-refractivity contribution < 1.29 is 24.2 Å². The maximum Gasteiger partial charge on any atom is 0.315 e. The minimum Gasteiger partial charge on any atom is -0.469 e. The van der Waals surface area contributed by atoms with E-state index in [9.17, 15) is 14.7 Å². The number of hydrogen-bond donors (Lipinski definition) is 1. The Labute approximate surface area is 83.0 Å². The standard InChI is InChI=1S/C9H16O5/c1-5(10)8(9(12)13-4)6(2)14-7(3)11/h5-6,8,10H,1-4H3/t5-,6+,8+/m0/s1. The van der Waals surface area contributed by atoms with Crippen molar-refractivity contribution in [1.29, 1.82) is 0 Å². The van der Waals surface area contributed by atoms with E-state index in [0.29, 0.717) is 0 Å². The summed E-state index contributed by atoms with van der Waals surface area (Å²) in [6.45, 7) is 4.23. The summed E-state index contributed by atoms with van der Waals surface area (Å²) in [5, 5.41) is 9.30. The largest absolute Gasteiger partial charge is 0.469 e. The van der Waals surface area contributed by atoms with Crippen LogP contribution in [-0.4, -0.2) is 36.4 Å². The van der Waals surface area contributed by atoms with Crippen molar-refractivity contribution in [1.82, 2.24) is 0 Å². The number of esters is 2. The van der Waals surface area contributed by atoms with E-state index in [0.717, 1.165) is 0 Å². The van der Waals surface area contributed by atoms with Crippen LogP contribution in [0.2, 0.25) is 0 Å². The van der Waals surface area contributed by atoms with Crippen molar-refractivity contribution >= 4 is 11.9 Å². The molecule has 0 radical (unpaired) electrons. The van der Waals surface area contributed by atoms with Gasteiger partial charge in [0, 0.05) is 6.92 Å². The Morgan fingerprint density at radius 3 is 2.07 bits per heavy atom. The summed E-state index contributed by atoms with van der Waals surface area (Å²) < 4.78 is 9.28. The number of carbonyl (C=O) groups excluding carboxylic acids is 2. The fraction of sp³-hybridized carbons (Fsp3) is 0.778. The highest BCUT2D eigenvalue weighted by Crippen LogP contribution is 2.14. The molecule has 0 heterocycles. The molecule has 0 saturated carbocycles. The topological polar surface area (TPSA) is 72.8 Å². The van der Waals surface area contributed by atoms with Gasteiger partial charge < -0.3 is 14.6 Å². The third-order valence-electron chi connectivity index (χ3n) is 1.85. The van der Waals surface area contributed by atoms with Gasteiger partial charge in [-0.2, -0.15) is 0 Å². The molecule has 82 valence electrons. The Morgan fingerprint density at radius 1 is 1.29 bits per heavy atom. The smallest absolute Gasteiger partial charge is 0.315 e. The number of carbonyl (C=O) groups is 2. The van der Waals surface area contributed by atoms with Gasteiger partial charge in [0.05, 0.1) is 13.2 Å². The number of hydrogen-bond acceptors (Lipinski definition) is 5. The van der Waals surface area contributed by atoms with E-state index in [-0.39, 0.29) is 0 Å². The minimum atomic E-state index is -0.920. The van der Waals surface area contributed by atoms with Gasteiger partial charge >= 0.3 is 11.9 Å². The van der Waals surface area contributed by atoms with Crippen LogP contribution in [0, 0.1) is 5.92 Å². The van der Waals surface area contributed by atoms with Gasteiger partial charge in [0.15, 0.2) is 0 Å². The molecule has 0 aromatic rings. The zero-order valence-electron chi connectivity index (χ0n) is 8.81. The lowest BCUT2D eigenvalue weighted by atomic mass is 9.98. The van der Waals surface area contributed by atoms with Crippen molar-refractivity contribution in [3.63, 3.8) is 0 Å². The van der Waals surface area contributed by atoms with E-state index in [1.54, 1.807) is 0 Å². The SMILES string of the molecule is COC(=O)[C@H]([C@H](C)O)[C@@H](C)OC(C)=O. The zero-order chi connectivity index (χ0) is 11.3. The van der Waals surface area contributed by atoms with Crippen LogP contribution >= 0.6 is 0 Å². The first kappa shape index (κ1) is 12.9. The Hall–Kier alpha value is -1.10. The summed E-state index contributed by atoms with van der Waals surface area (Å²) in [6.07, 6.45) is -1.61. The second-order valence-corrected chi connectivity index (χ2v) is 3.10. The van der Waals surface area contributed by atoms with Crippen molar-refractivity contribution in [2.45, 2.75) is 33.0 Å². The van der Waals surface area contributed by atoms with Crippen LogP contribution in [-0.2, 0) is 19.1 Å². The van der Waals surface area contributed by atoms with Crippen LogP contribution in [0.15, 0.2) is 0 Å². The van der Waals surface area contributed by atoms with Crippen molar-refractivity contribution in [3.8, 4) is 0 Å². The molecule has 14 heavy (non-hydrogen) atoms. The van der Waals surface area contributed by atoms with Crippen molar-refractivity contribution in [2.75, 3.05) is 7.11 Å². The number of rotatable bonds is 4. The molecule has 0 bridgehead atoms. The monoisotopic (exact) mass is 204 g/mol. The van der Waals surface area contributed by atoms with Gasteiger partial charge in [-0.3, -0.25) is 9.59 Å². The van der Waals surface area contributed by atoms with Gasteiger partial charge in [0.1, 0.15) is 12.0 Å². The lowest BCUT2D eigenvalue weighted by Crippen LogP contribution is -2.38. The molecule has 5 nitrogen and oxygen atoms in total. The predicted octanol–water partition coefficient (Wildman–Crippen LogP) is 0.108. The highest BCUT2D eigenvalue weighted by atomic mass is 16.6. The average molecular weight is 204 g/mol. The Kier molecular flexibility index (Phi) is 5.15. The molecule has 5 heteroatoms. The molecular formula is C9H16O5. The molecule has 0 aromatic carbocycles. The summed E-state index contributed by atoms with van der Waals surface area (Å²) in [5.74, 6) is -1.93. The first-order valence-corrected chi connectivity index (χ1v) is 4.33. The first-order chi connectivity index (χ1) is 6.40. The van der Waals surface area contributed by atoms with Crippen LogP contribution in [0.25, 0.3) is 0 Å². The molecule has 0 aromatic heterocycles. The van der Waals surface area contributed by atoms with Crippen LogP contribution in [0.1, 0.15) is 20.8 Å². The summed E-state index contributed by atoms with van der Waals surface area (Å²) in [7, 11) is 1.22. The van der Waals surface area contributed by atoms with Gasteiger partial charge in [-0.1, -0.05) is 0 Å². The fourth-order valence-corrected chi connectivity index (χ4v) is 1.25. The van der Waals surface area contributed by atoms with E-state index >= 15 is 0 Å². The third-order valence-corrected chi connectivity index (χ3v) is 1.85. The van der Waals surface area contributed by atoms with E-state index in [4.69, 9.17) is 4.74 Å². The lowest BCUT2D eigenvalue weighted by Gasteiger charge is -2.23. The summed E-state index contributed by atoms with van der Waals surface area (Å²) in [6, 6.07) is 0. The molecule has 0 aliphatic heterocycles. The molecule has 0 fully saturated rings. The molecule has 0 unspecified atom stereocenters. The van der Waals surface area contributed by atoms with Crippen LogP contribution in [0.4, 0.5) is 0 Å². The number of aliphatic hydroxyl groups excluding tert-OH is 1. The third kappa shape index (κ3) is 3.74. The summed E-state index contributed by atoms with van der Waals surface area (Å²) in [4.78, 5) is 21.8. The summed E-state index contributed by atoms with van der Waals surface area (Å²) in [5.41, 5.74) is 0. The van der Waals surface area contributed by atoms with E-state index in [1.165, 1.54) is 27.9 Å². The van der Waals surface area contributed by atoms with Crippen LogP contribution in [0.3, 0.4) is 0 Å².